The van der Waals surface area contributed by atoms with E-state index >= 15 is 0 Å². The van der Waals surface area contributed by atoms with Gasteiger partial charge in [0.1, 0.15) is 12.8 Å². The standard InChI is InChI=1S/C20H25NO2S/c1-4-15-23-18-20(13-9-6-10-14-20)24-19(2,3)21(18)17(22)16-11-7-5-8-12-16/h1,5,7-8,11-12,18H,6,9-10,13-15H2,2-3H3. The largest absolute Gasteiger partial charge is 0.344 e. The average Bonchev–Trinajstić information content (AvgIpc) is 2.79. The number of benzene rings is 1. The van der Waals surface area contributed by atoms with Gasteiger partial charge < -0.3 is 4.74 Å². The molecule has 24 heavy (non-hydrogen) atoms. The maximum Gasteiger partial charge on any atom is 0.257 e. The molecule has 1 aliphatic heterocycles. The van der Waals surface area contributed by atoms with E-state index in [0.29, 0.717) is 5.56 Å². The molecule has 2 fully saturated rings. The lowest BCUT2D eigenvalue weighted by Gasteiger charge is -2.39. The summed E-state index contributed by atoms with van der Waals surface area (Å²) in [7, 11) is 0. The third kappa shape index (κ3) is 3.08. The van der Waals surface area contributed by atoms with E-state index in [-0.39, 0.29) is 28.4 Å². The highest BCUT2D eigenvalue weighted by molar-refractivity contribution is 8.02. The summed E-state index contributed by atoms with van der Waals surface area (Å²) in [4.78, 5) is 14.9. The summed E-state index contributed by atoms with van der Waals surface area (Å²) in [5, 5.41) is 0. The molecule has 128 valence electrons. The highest BCUT2D eigenvalue weighted by Gasteiger charge is 2.59. The predicted molar refractivity (Wildman–Crippen MR) is 98.7 cm³/mol. The van der Waals surface area contributed by atoms with Crippen molar-refractivity contribution in [2.24, 2.45) is 0 Å². The van der Waals surface area contributed by atoms with Crippen LogP contribution < -0.4 is 0 Å². The zero-order valence-electron chi connectivity index (χ0n) is 14.5. The first-order valence-electron chi connectivity index (χ1n) is 8.64. The number of ether oxygens (including phenoxy) is 1. The first kappa shape index (κ1) is 17.4. The Morgan fingerprint density at radius 3 is 2.58 bits per heavy atom. The second-order valence-electron chi connectivity index (χ2n) is 7.08. The van der Waals surface area contributed by atoms with Gasteiger partial charge in [-0.1, -0.05) is 43.4 Å². The number of nitrogens with zero attached hydrogens (tertiary/aromatic N) is 1. The zero-order valence-corrected chi connectivity index (χ0v) is 15.3. The maximum atomic E-state index is 13.2. The van der Waals surface area contributed by atoms with Crippen molar-refractivity contribution in [3.63, 3.8) is 0 Å². The molecule has 1 aliphatic carbocycles. The lowest BCUT2D eigenvalue weighted by molar-refractivity contribution is -0.0650. The van der Waals surface area contributed by atoms with E-state index in [1.165, 1.54) is 19.3 Å². The van der Waals surface area contributed by atoms with Crippen LogP contribution in [0.2, 0.25) is 0 Å². The molecule has 1 atom stereocenters. The van der Waals surface area contributed by atoms with Crippen LogP contribution in [0.5, 0.6) is 0 Å². The van der Waals surface area contributed by atoms with Crippen molar-refractivity contribution < 1.29 is 9.53 Å². The van der Waals surface area contributed by atoms with Gasteiger partial charge in [0.05, 0.1) is 9.62 Å². The summed E-state index contributed by atoms with van der Waals surface area (Å²) in [6, 6.07) is 9.46. The van der Waals surface area contributed by atoms with Gasteiger partial charge in [-0.05, 0) is 38.8 Å². The van der Waals surface area contributed by atoms with Gasteiger partial charge >= 0.3 is 0 Å². The monoisotopic (exact) mass is 343 g/mol. The van der Waals surface area contributed by atoms with Crippen molar-refractivity contribution in [1.29, 1.82) is 0 Å². The van der Waals surface area contributed by atoms with E-state index in [1.807, 2.05) is 47.0 Å². The number of hydrogen-bond donors (Lipinski definition) is 0. The molecule has 4 heteroatoms. The second-order valence-corrected chi connectivity index (χ2v) is 9.10. The van der Waals surface area contributed by atoms with Crippen molar-refractivity contribution in [2.45, 2.75) is 61.8 Å². The van der Waals surface area contributed by atoms with E-state index in [2.05, 4.69) is 19.8 Å². The van der Waals surface area contributed by atoms with Crippen molar-refractivity contribution >= 4 is 17.7 Å². The molecule has 1 unspecified atom stereocenters. The maximum absolute atomic E-state index is 13.2. The number of terminal acetylenes is 1. The normalized spacial score (nSPS) is 24.7. The molecular formula is C20H25NO2S. The summed E-state index contributed by atoms with van der Waals surface area (Å²) in [5.41, 5.74) is 0.702. The van der Waals surface area contributed by atoms with E-state index in [4.69, 9.17) is 11.2 Å². The third-order valence-electron chi connectivity index (χ3n) is 4.98. The van der Waals surface area contributed by atoms with Crippen LogP contribution in [0.4, 0.5) is 0 Å². The van der Waals surface area contributed by atoms with E-state index < -0.39 is 0 Å². The van der Waals surface area contributed by atoms with Gasteiger partial charge in [-0.25, -0.2) is 0 Å². The molecule has 0 aromatic heterocycles. The van der Waals surface area contributed by atoms with Crippen molar-refractivity contribution in [2.75, 3.05) is 6.61 Å². The Morgan fingerprint density at radius 2 is 1.96 bits per heavy atom. The topological polar surface area (TPSA) is 29.5 Å². The molecule has 0 N–H and O–H groups in total. The van der Waals surface area contributed by atoms with Gasteiger partial charge in [0.15, 0.2) is 0 Å². The molecule has 2 aliphatic rings. The Morgan fingerprint density at radius 1 is 1.29 bits per heavy atom. The van der Waals surface area contributed by atoms with Crippen LogP contribution in [0.15, 0.2) is 30.3 Å². The summed E-state index contributed by atoms with van der Waals surface area (Å²) in [6.45, 7) is 4.48. The summed E-state index contributed by atoms with van der Waals surface area (Å²) in [5.74, 6) is 2.60. The summed E-state index contributed by atoms with van der Waals surface area (Å²) in [6.07, 6.45) is 11.0. The van der Waals surface area contributed by atoms with Gasteiger partial charge in [0, 0.05) is 5.56 Å². The van der Waals surface area contributed by atoms with E-state index in [0.717, 1.165) is 12.8 Å². The predicted octanol–water partition coefficient (Wildman–Crippen LogP) is 4.29. The van der Waals surface area contributed by atoms with Gasteiger partial charge in [-0.3, -0.25) is 9.69 Å². The van der Waals surface area contributed by atoms with Crippen LogP contribution in [-0.4, -0.2) is 33.3 Å². The number of rotatable bonds is 3. The van der Waals surface area contributed by atoms with Crippen LogP contribution in [-0.2, 0) is 4.74 Å². The molecule has 1 spiro atoms. The van der Waals surface area contributed by atoms with Crippen molar-refractivity contribution in [3.8, 4) is 12.3 Å². The lowest BCUT2D eigenvalue weighted by Crippen LogP contribution is -2.52. The molecule has 3 nitrogen and oxygen atoms in total. The number of carbonyl (C=O) groups excluding carboxylic acids is 1. The van der Waals surface area contributed by atoms with Crippen LogP contribution in [0, 0.1) is 12.3 Å². The fourth-order valence-electron chi connectivity index (χ4n) is 4.04. The first-order valence-corrected chi connectivity index (χ1v) is 9.46. The summed E-state index contributed by atoms with van der Waals surface area (Å²) < 4.78 is 6.05. The molecule has 1 aromatic carbocycles. The Bertz CT molecular complexity index is 629. The van der Waals surface area contributed by atoms with Crippen LogP contribution in [0.1, 0.15) is 56.3 Å². The smallest absolute Gasteiger partial charge is 0.257 e. The Labute approximate surface area is 149 Å². The van der Waals surface area contributed by atoms with Gasteiger partial charge in [0.25, 0.3) is 5.91 Å². The van der Waals surface area contributed by atoms with Crippen LogP contribution in [0.25, 0.3) is 0 Å². The van der Waals surface area contributed by atoms with Crippen LogP contribution in [0.3, 0.4) is 0 Å². The molecule has 1 amide bonds. The number of hydrogen-bond acceptors (Lipinski definition) is 3. The molecule has 0 bridgehead atoms. The van der Waals surface area contributed by atoms with E-state index in [1.54, 1.807) is 0 Å². The molecule has 1 heterocycles. The fourth-order valence-corrected chi connectivity index (χ4v) is 6.08. The molecule has 1 saturated heterocycles. The third-order valence-corrected chi connectivity index (χ3v) is 6.69. The highest BCUT2D eigenvalue weighted by Crippen LogP contribution is 2.57. The number of carbonyl (C=O) groups is 1. The van der Waals surface area contributed by atoms with E-state index in [9.17, 15) is 4.79 Å². The SMILES string of the molecule is C#CCOC1N(C(=O)c2ccccc2)C(C)(C)SC12CCCCC2. The minimum Gasteiger partial charge on any atom is -0.344 e. The Balaban J connectivity index is 1.97. The fraction of sp³-hybridized carbons (Fsp3) is 0.550. The summed E-state index contributed by atoms with van der Waals surface area (Å²) >= 11 is 1.89. The molecular weight excluding hydrogens is 318 g/mol. The highest BCUT2D eigenvalue weighted by atomic mass is 32.2. The van der Waals surface area contributed by atoms with Crippen molar-refractivity contribution in [3.05, 3.63) is 35.9 Å². The number of thioether (sulfide) groups is 1. The molecule has 3 rings (SSSR count). The Hall–Kier alpha value is -1.44. The van der Waals surface area contributed by atoms with Gasteiger partial charge in [0.2, 0.25) is 0 Å². The lowest BCUT2D eigenvalue weighted by atomic mass is 9.86. The molecule has 1 saturated carbocycles. The van der Waals surface area contributed by atoms with Gasteiger partial charge in [-0.2, -0.15) is 0 Å². The first-order chi connectivity index (χ1) is 11.5. The Kier molecular flexibility index (Phi) is 4.94. The van der Waals surface area contributed by atoms with Crippen molar-refractivity contribution in [1.82, 2.24) is 4.90 Å². The molecule has 0 radical (unpaired) electrons. The quantitative estimate of drug-likeness (QED) is 0.767. The number of amides is 1. The minimum atomic E-state index is -0.316. The second kappa shape index (κ2) is 6.82. The van der Waals surface area contributed by atoms with Gasteiger partial charge in [-0.15, -0.1) is 18.2 Å². The molecule has 1 aromatic rings. The van der Waals surface area contributed by atoms with Crippen LogP contribution >= 0.6 is 11.8 Å². The average molecular weight is 343 g/mol. The zero-order chi connectivity index (χ0) is 17.2. The minimum absolute atomic E-state index is 0.0255.